The maximum atomic E-state index is 5.92. The van der Waals surface area contributed by atoms with Gasteiger partial charge in [0.2, 0.25) is 0 Å². The Hall–Kier alpha value is -1.26. The average molecular weight is 259 g/mol. The number of hydrogen-bond acceptors (Lipinski definition) is 3. The van der Waals surface area contributed by atoms with Gasteiger partial charge in [-0.25, -0.2) is 4.98 Å². The van der Waals surface area contributed by atoms with Crippen LogP contribution in [0.4, 0.5) is 5.69 Å². The fraction of sp³-hybridized carbons (Fsp3) is 0.200. The molecule has 0 bridgehead atoms. The van der Waals surface area contributed by atoms with Gasteiger partial charge in [-0.2, -0.15) is 5.10 Å². The van der Waals surface area contributed by atoms with Gasteiger partial charge in [0.25, 0.3) is 0 Å². The Morgan fingerprint density at radius 2 is 2.31 bits per heavy atom. The van der Waals surface area contributed by atoms with Gasteiger partial charge in [0.05, 0.1) is 11.9 Å². The number of pyridine rings is 1. The summed E-state index contributed by atoms with van der Waals surface area (Å²) in [5.74, 6) is 0. The molecule has 0 fully saturated rings. The maximum Gasteiger partial charge on any atom is 0.133 e. The van der Waals surface area contributed by atoms with Crippen molar-refractivity contribution >= 4 is 29.7 Å². The second kappa shape index (κ2) is 5.72. The molecule has 0 aliphatic heterocycles. The molecule has 0 radical (unpaired) electrons. The summed E-state index contributed by atoms with van der Waals surface area (Å²) in [6.45, 7) is 0.651. The SMILES string of the molecule is Cl.Cn1cc(NCc2cccnc2Cl)cn1. The maximum absolute atomic E-state index is 5.92. The summed E-state index contributed by atoms with van der Waals surface area (Å²) in [5, 5.41) is 7.81. The molecule has 2 rings (SSSR count). The first-order valence-corrected chi connectivity index (χ1v) is 4.95. The highest BCUT2D eigenvalue weighted by molar-refractivity contribution is 6.30. The van der Waals surface area contributed by atoms with E-state index in [0.29, 0.717) is 11.7 Å². The van der Waals surface area contributed by atoms with E-state index in [1.54, 1.807) is 17.1 Å². The lowest BCUT2D eigenvalue weighted by molar-refractivity contribution is 0.768. The number of hydrogen-bond donors (Lipinski definition) is 1. The molecule has 86 valence electrons. The van der Waals surface area contributed by atoms with E-state index in [9.17, 15) is 0 Å². The van der Waals surface area contributed by atoms with Crippen molar-refractivity contribution in [1.82, 2.24) is 14.8 Å². The lowest BCUT2D eigenvalue weighted by Gasteiger charge is -2.04. The zero-order valence-corrected chi connectivity index (χ0v) is 10.3. The molecule has 16 heavy (non-hydrogen) atoms. The van der Waals surface area contributed by atoms with E-state index in [2.05, 4.69) is 15.4 Å². The highest BCUT2D eigenvalue weighted by Crippen LogP contribution is 2.13. The third-order valence-corrected chi connectivity index (χ3v) is 2.36. The smallest absolute Gasteiger partial charge is 0.133 e. The summed E-state index contributed by atoms with van der Waals surface area (Å²) >= 11 is 5.92. The van der Waals surface area contributed by atoms with Crippen molar-refractivity contribution in [2.24, 2.45) is 7.05 Å². The van der Waals surface area contributed by atoms with Gasteiger partial charge in [0.1, 0.15) is 5.15 Å². The lowest BCUT2D eigenvalue weighted by atomic mass is 10.3. The summed E-state index contributed by atoms with van der Waals surface area (Å²) in [5.41, 5.74) is 1.94. The van der Waals surface area contributed by atoms with Crippen LogP contribution >= 0.6 is 24.0 Å². The molecule has 0 aromatic carbocycles. The molecule has 0 spiro atoms. The van der Waals surface area contributed by atoms with Crippen LogP contribution in [0.15, 0.2) is 30.7 Å². The summed E-state index contributed by atoms with van der Waals surface area (Å²) in [4.78, 5) is 4.00. The van der Waals surface area contributed by atoms with Crippen molar-refractivity contribution in [1.29, 1.82) is 0 Å². The Balaban J connectivity index is 0.00000128. The first kappa shape index (κ1) is 12.8. The first-order chi connectivity index (χ1) is 7.25. The summed E-state index contributed by atoms with van der Waals surface area (Å²) in [7, 11) is 1.88. The number of nitrogens with zero attached hydrogens (tertiary/aromatic N) is 3. The lowest BCUT2D eigenvalue weighted by Crippen LogP contribution is -1.99. The standard InChI is InChI=1S/C10H11ClN4.ClH/c1-15-7-9(6-14-15)13-5-8-3-2-4-12-10(8)11;/h2-4,6-7,13H,5H2,1H3;1H. The van der Waals surface area contributed by atoms with Crippen molar-refractivity contribution in [2.45, 2.75) is 6.54 Å². The summed E-state index contributed by atoms with van der Waals surface area (Å²) < 4.78 is 1.74. The number of rotatable bonds is 3. The monoisotopic (exact) mass is 258 g/mol. The molecule has 2 aromatic heterocycles. The second-order valence-electron chi connectivity index (χ2n) is 3.21. The number of aryl methyl sites for hydroxylation is 1. The molecular formula is C10H12Cl2N4. The van der Waals surface area contributed by atoms with Crippen LogP contribution in [0, 0.1) is 0 Å². The third-order valence-electron chi connectivity index (χ3n) is 2.02. The Kier molecular flexibility index (Phi) is 4.58. The third kappa shape index (κ3) is 3.12. The highest BCUT2D eigenvalue weighted by atomic mass is 35.5. The largest absolute Gasteiger partial charge is 0.378 e. The number of halogens is 2. The van der Waals surface area contributed by atoms with Crippen LogP contribution in [0.1, 0.15) is 5.56 Å². The van der Waals surface area contributed by atoms with Gasteiger partial charge in [-0.1, -0.05) is 17.7 Å². The zero-order valence-electron chi connectivity index (χ0n) is 8.72. The minimum Gasteiger partial charge on any atom is -0.378 e. The van der Waals surface area contributed by atoms with Crippen LogP contribution in [-0.4, -0.2) is 14.8 Å². The average Bonchev–Trinajstić information content (AvgIpc) is 2.63. The highest BCUT2D eigenvalue weighted by Gasteiger charge is 2.00. The van der Waals surface area contributed by atoms with E-state index < -0.39 is 0 Å². The van der Waals surface area contributed by atoms with Crippen LogP contribution < -0.4 is 5.32 Å². The van der Waals surface area contributed by atoms with Crippen molar-refractivity contribution in [3.8, 4) is 0 Å². The first-order valence-electron chi connectivity index (χ1n) is 4.57. The van der Waals surface area contributed by atoms with E-state index in [1.807, 2.05) is 25.4 Å². The molecule has 4 nitrogen and oxygen atoms in total. The zero-order chi connectivity index (χ0) is 10.7. The van der Waals surface area contributed by atoms with Gasteiger partial charge < -0.3 is 5.32 Å². The molecule has 2 heterocycles. The summed E-state index contributed by atoms with van der Waals surface area (Å²) in [6.07, 6.45) is 5.35. The van der Waals surface area contributed by atoms with Gasteiger partial charge >= 0.3 is 0 Å². The summed E-state index contributed by atoms with van der Waals surface area (Å²) in [6, 6.07) is 3.81. The van der Waals surface area contributed by atoms with Gasteiger partial charge in [0, 0.05) is 31.5 Å². The van der Waals surface area contributed by atoms with Crippen LogP contribution in [0.3, 0.4) is 0 Å². The number of anilines is 1. The van der Waals surface area contributed by atoms with Crippen molar-refractivity contribution in [3.05, 3.63) is 41.4 Å². The topological polar surface area (TPSA) is 42.7 Å². The van der Waals surface area contributed by atoms with Crippen molar-refractivity contribution in [3.63, 3.8) is 0 Å². The van der Waals surface area contributed by atoms with E-state index in [1.165, 1.54) is 0 Å². The van der Waals surface area contributed by atoms with Crippen molar-refractivity contribution in [2.75, 3.05) is 5.32 Å². The Labute approximate surface area is 105 Å². The second-order valence-corrected chi connectivity index (χ2v) is 3.57. The van der Waals surface area contributed by atoms with Gasteiger partial charge in [-0.05, 0) is 6.07 Å². The fourth-order valence-corrected chi connectivity index (χ4v) is 1.45. The van der Waals surface area contributed by atoms with Crippen LogP contribution in [0.5, 0.6) is 0 Å². The van der Waals surface area contributed by atoms with Gasteiger partial charge in [-0.15, -0.1) is 12.4 Å². The molecule has 1 N–H and O–H groups in total. The Bertz CT molecular complexity index is 456. The van der Waals surface area contributed by atoms with E-state index in [0.717, 1.165) is 11.3 Å². The van der Waals surface area contributed by atoms with Gasteiger partial charge in [-0.3, -0.25) is 4.68 Å². The van der Waals surface area contributed by atoms with Crippen LogP contribution in [0.2, 0.25) is 5.15 Å². The number of aromatic nitrogens is 3. The Morgan fingerprint density at radius 3 is 2.94 bits per heavy atom. The quantitative estimate of drug-likeness (QED) is 0.861. The van der Waals surface area contributed by atoms with Crippen LogP contribution in [-0.2, 0) is 13.6 Å². The molecule has 0 amide bonds. The van der Waals surface area contributed by atoms with Crippen LogP contribution in [0.25, 0.3) is 0 Å². The van der Waals surface area contributed by atoms with Gasteiger partial charge in [0.15, 0.2) is 0 Å². The molecule has 0 aliphatic carbocycles. The van der Waals surface area contributed by atoms with E-state index in [4.69, 9.17) is 11.6 Å². The molecule has 0 aliphatic rings. The number of nitrogens with one attached hydrogen (secondary N) is 1. The minimum atomic E-state index is 0. The molecule has 0 saturated carbocycles. The molecule has 0 saturated heterocycles. The van der Waals surface area contributed by atoms with E-state index in [-0.39, 0.29) is 12.4 Å². The van der Waals surface area contributed by atoms with E-state index >= 15 is 0 Å². The molecule has 6 heteroatoms. The molecule has 2 aromatic rings. The minimum absolute atomic E-state index is 0. The fourth-order valence-electron chi connectivity index (χ4n) is 1.26. The normalized spacial score (nSPS) is 9.62. The predicted octanol–water partition coefficient (Wildman–Crippen LogP) is 2.50. The Morgan fingerprint density at radius 1 is 1.50 bits per heavy atom. The molecule has 0 unspecified atom stereocenters. The molecular weight excluding hydrogens is 247 g/mol. The predicted molar refractivity (Wildman–Crippen MR) is 67.0 cm³/mol. The van der Waals surface area contributed by atoms with Crippen molar-refractivity contribution < 1.29 is 0 Å². The molecule has 0 atom stereocenters.